The lowest BCUT2D eigenvalue weighted by Crippen LogP contribution is -2.10. The van der Waals surface area contributed by atoms with E-state index in [1.54, 1.807) is 11.3 Å². The highest BCUT2D eigenvalue weighted by atomic mass is 32.1. The van der Waals surface area contributed by atoms with E-state index in [9.17, 15) is 9.18 Å². The van der Waals surface area contributed by atoms with Gasteiger partial charge in [-0.2, -0.15) is 0 Å². The van der Waals surface area contributed by atoms with Gasteiger partial charge in [0, 0.05) is 16.9 Å². The van der Waals surface area contributed by atoms with Crippen LogP contribution in [0.3, 0.4) is 0 Å². The van der Waals surface area contributed by atoms with E-state index in [1.165, 1.54) is 29.1 Å². The lowest BCUT2D eigenvalue weighted by molar-refractivity contribution is 0.0766. The lowest BCUT2D eigenvalue weighted by Gasteiger charge is -2.03. The highest BCUT2D eigenvalue weighted by molar-refractivity contribution is 7.09. The molecule has 0 bridgehead atoms. The number of hydrogen-bond donors (Lipinski definition) is 0. The average molecular weight is 264 g/mol. The van der Waals surface area contributed by atoms with Crippen LogP contribution < -0.4 is 0 Å². The molecule has 2 aromatic rings. The minimum atomic E-state index is -0.342. The number of hydrogen-bond acceptors (Lipinski definition) is 3. The third-order valence-corrected chi connectivity index (χ3v) is 3.41. The van der Waals surface area contributed by atoms with E-state index in [2.05, 4.69) is 0 Å². The normalized spacial score (nSPS) is 10.5. The standard InChI is InChI=1S/C14H13FO2S/c15-12-5-3-11(4-6-12)14(16)10-17-8-7-13-2-1-9-18-13/h1-6,9H,7-8,10H2. The van der Waals surface area contributed by atoms with Crippen LogP contribution in [0.4, 0.5) is 4.39 Å². The number of carbonyl (C=O) groups is 1. The Morgan fingerprint density at radius 2 is 2.00 bits per heavy atom. The number of ether oxygens (including phenoxy) is 1. The number of carbonyl (C=O) groups excluding carboxylic acids is 1. The van der Waals surface area contributed by atoms with Crippen molar-refractivity contribution in [1.29, 1.82) is 0 Å². The fraction of sp³-hybridized carbons (Fsp3) is 0.214. The van der Waals surface area contributed by atoms with E-state index in [0.717, 1.165) is 6.42 Å². The molecule has 0 amide bonds. The molecule has 2 rings (SSSR count). The lowest BCUT2D eigenvalue weighted by atomic mass is 10.1. The molecule has 0 fully saturated rings. The molecule has 0 N–H and O–H groups in total. The summed E-state index contributed by atoms with van der Waals surface area (Å²) in [4.78, 5) is 12.9. The van der Waals surface area contributed by atoms with E-state index in [-0.39, 0.29) is 18.2 Å². The second-order valence-corrected chi connectivity index (χ2v) is 4.84. The second kappa shape index (κ2) is 6.42. The number of rotatable bonds is 6. The quantitative estimate of drug-likeness (QED) is 0.591. The fourth-order valence-corrected chi connectivity index (χ4v) is 2.20. The van der Waals surface area contributed by atoms with Gasteiger partial charge in [0.05, 0.1) is 6.61 Å². The Morgan fingerprint density at radius 1 is 1.22 bits per heavy atom. The van der Waals surface area contributed by atoms with Crippen molar-refractivity contribution in [3.05, 3.63) is 58.0 Å². The summed E-state index contributed by atoms with van der Waals surface area (Å²) in [6.07, 6.45) is 0.814. The molecule has 0 aliphatic rings. The van der Waals surface area contributed by atoms with Gasteiger partial charge in [-0.05, 0) is 35.7 Å². The van der Waals surface area contributed by atoms with Crippen LogP contribution >= 0.6 is 11.3 Å². The molecule has 0 saturated heterocycles. The molecule has 1 heterocycles. The molecular formula is C14H13FO2S. The van der Waals surface area contributed by atoms with Crippen molar-refractivity contribution in [2.24, 2.45) is 0 Å². The minimum absolute atomic E-state index is 0.0387. The third-order valence-electron chi connectivity index (χ3n) is 2.47. The van der Waals surface area contributed by atoms with Gasteiger partial charge in [-0.1, -0.05) is 6.07 Å². The summed E-state index contributed by atoms with van der Waals surface area (Å²) in [5.74, 6) is -0.466. The summed E-state index contributed by atoms with van der Waals surface area (Å²) in [5.41, 5.74) is 0.479. The summed E-state index contributed by atoms with van der Waals surface area (Å²) >= 11 is 1.67. The number of benzene rings is 1. The molecule has 4 heteroatoms. The zero-order valence-electron chi connectivity index (χ0n) is 9.77. The van der Waals surface area contributed by atoms with Crippen LogP contribution in [-0.4, -0.2) is 19.0 Å². The molecular weight excluding hydrogens is 251 g/mol. The largest absolute Gasteiger partial charge is 0.373 e. The van der Waals surface area contributed by atoms with Crippen LogP contribution in [0.2, 0.25) is 0 Å². The molecule has 0 atom stereocenters. The summed E-state index contributed by atoms with van der Waals surface area (Å²) < 4.78 is 18.0. The van der Waals surface area contributed by atoms with Gasteiger partial charge < -0.3 is 4.74 Å². The Bertz CT molecular complexity index is 491. The molecule has 1 aromatic carbocycles. The minimum Gasteiger partial charge on any atom is -0.373 e. The third kappa shape index (κ3) is 3.75. The first-order valence-electron chi connectivity index (χ1n) is 5.64. The Morgan fingerprint density at radius 3 is 2.67 bits per heavy atom. The second-order valence-electron chi connectivity index (χ2n) is 3.81. The topological polar surface area (TPSA) is 26.3 Å². The Kier molecular flexibility index (Phi) is 4.61. The van der Waals surface area contributed by atoms with E-state index in [4.69, 9.17) is 4.74 Å². The zero-order valence-corrected chi connectivity index (χ0v) is 10.6. The van der Waals surface area contributed by atoms with Gasteiger partial charge in [0.15, 0.2) is 5.78 Å². The van der Waals surface area contributed by atoms with Crippen molar-refractivity contribution in [1.82, 2.24) is 0 Å². The molecule has 94 valence electrons. The molecule has 1 aromatic heterocycles. The number of thiophene rings is 1. The van der Waals surface area contributed by atoms with Gasteiger partial charge in [-0.15, -0.1) is 11.3 Å². The highest BCUT2D eigenvalue weighted by Gasteiger charge is 2.05. The highest BCUT2D eigenvalue weighted by Crippen LogP contribution is 2.09. The maximum absolute atomic E-state index is 12.7. The first-order valence-corrected chi connectivity index (χ1v) is 6.52. The zero-order chi connectivity index (χ0) is 12.8. The maximum atomic E-state index is 12.7. The molecule has 0 saturated carbocycles. The van der Waals surface area contributed by atoms with Crippen LogP contribution in [-0.2, 0) is 11.2 Å². The summed E-state index contributed by atoms with van der Waals surface area (Å²) in [5, 5.41) is 2.01. The van der Waals surface area contributed by atoms with Crippen molar-refractivity contribution in [2.45, 2.75) is 6.42 Å². The van der Waals surface area contributed by atoms with Crippen LogP contribution in [0, 0.1) is 5.82 Å². The molecule has 0 unspecified atom stereocenters. The molecule has 0 aliphatic heterocycles. The maximum Gasteiger partial charge on any atom is 0.188 e. The average Bonchev–Trinajstić information content (AvgIpc) is 2.88. The van der Waals surface area contributed by atoms with Gasteiger partial charge >= 0.3 is 0 Å². The van der Waals surface area contributed by atoms with E-state index < -0.39 is 0 Å². The summed E-state index contributed by atoms with van der Waals surface area (Å²) in [7, 11) is 0. The van der Waals surface area contributed by atoms with Crippen molar-refractivity contribution in [3.63, 3.8) is 0 Å². The monoisotopic (exact) mass is 264 g/mol. The molecule has 18 heavy (non-hydrogen) atoms. The Labute approximate surface area is 109 Å². The number of Topliss-reactive ketones (excluding diaryl/α,β-unsaturated/α-hetero) is 1. The molecule has 0 spiro atoms. The summed E-state index contributed by atoms with van der Waals surface area (Å²) in [6, 6.07) is 9.53. The Hall–Kier alpha value is -1.52. The smallest absolute Gasteiger partial charge is 0.188 e. The summed E-state index contributed by atoms with van der Waals surface area (Å²) in [6.45, 7) is 0.560. The predicted molar refractivity (Wildman–Crippen MR) is 69.6 cm³/mol. The molecule has 0 aliphatic carbocycles. The van der Waals surface area contributed by atoms with Gasteiger partial charge in [0.2, 0.25) is 0 Å². The van der Waals surface area contributed by atoms with Crippen molar-refractivity contribution < 1.29 is 13.9 Å². The van der Waals surface area contributed by atoms with E-state index in [0.29, 0.717) is 12.2 Å². The first kappa shape index (κ1) is 12.9. The van der Waals surface area contributed by atoms with Gasteiger partial charge in [-0.3, -0.25) is 4.79 Å². The van der Waals surface area contributed by atoms with Crippen molar-refractivity contribution in [3.8, 4) is 0 Å². The Balaban J connectivity index is 1.73. The number of ketones is 1. The SMILES string of the molecule is O=C(COCCc1cccs1)c1ccc(F)cc1. The van der Waals surface area contributed by atoms with E-state index in [1.807, 2.05) is 17.5 Å². The van der Waals surface area contributed by atoms with Crippen LogP contribution in [0.25, 0.3) is 0 Å². The predicted octanol–water partition coefficient (Wildman–Crippen LogP) is 3.33. The van der Waals surface area contributed by atoms with Crippen molar-refractivity contribution in [2.75, 3.05) is 13.2 Å². The van der Waals surface area contributed by atoms with Gasteiger partial charge in [-0.25, -0.2) is 4.39 Å². The molecule has 0 radical (unpaired) electrons. The fourth-order valence-electron chi connectivity index (χ4n) is 1.51. The van der Waals surface area contributed by atoms with E-state index >= 15 is 0 Å². The van der Waals surface area contributed by atoms with Crippen LogP contribution in [0.1, 0.15) is 15.2 Å². The number of halogens is 1. The van der Waals surface area contributed by atoms with Gasteiger partial charge in [0.1, 0.15) is 12.4 Å². The van der Waals surface area contributed by atoms with Gasteiger partial charge in [0.25, 0.3) is 0 Å². The van der Waals surface area contributed by atoms with Crippen molar-refractivity contribution >= 4 is 17.1 Å². The van der Waals surface area contributed by atoms with Crippen LogP contribution in [0.15, 0.2) is 41.8 Å². The van der Waals surface area contributed by atoms with Crippen LogP contribution in [0.5, 0.6) is 0 Å². The first-order chi connectivity index (χ1) is 8.75. The molecule has 2 nitrogen and oxygen atoms in total.